The van der Waals surface area contributed by atoms with Gasteiger partial charge in [-0.3, -0.25) is 14.3 Å². The molecule has 24 heavy (non-hydrogen) atoms. The highest BCUT2D eigenvalue weighted by Crippen LogP contribution is 2.32. The Balaban J connectivity index is 2.34. The Morgan fingerprint density at radius 1 is 1.38 bits per heavy atom. The zero-order valence-electron chi connectivity index (χ0n) is 15.0. The molecule has 132 valence electrons. The molecule has 2 heterocycles. The number of carboxylic acid groups (broad SMARTS) is 1. The van der Waals surface area contributed by atoms with E-state index in [1.807, 2.05) is 27.0 Å². The van der Waals surface area contributed by atoms with Gasteiger partial charge in [0.1, 0.15) is 4.83 Å². The quantitative estimate of drug-likeness (QED) is 0.835. The lowest BCUT2D eigenvalue weighted by atomic mass is 9.85. The van der Waals surface area contributed by atoms with Crippen LogP contribution in [0, 0.1) is 5.92 Å². The number of nitrogens with one attached hydrogen (secondary N) is 1. The van der Waals surface area contributed by atoms with Gasteiger partial charge >= 0.3 is 5.97 Å². The summed E-state index contributed by atoms with van der Waals surface area (Å²) in [4.78, 5) is 25.4. The third kappa shape index (κ3) is 3.45. The largest absolute Gasteiger partial charge is 0.481 e. The van der Waals surface area contributed by atoms with Gasteiger partial charge in [0.05, 0.1) is 22.5 Å². The van der Waals surface area contributed by atoms with E-state index in [2.05, 4.69) is 24.3 Å². The molecule has 2 aromatic rings. The first-order chi connectivity index (χ1) is 11.0. The molecule has 2 rings (SSSR count). The molecule has 0 saturated heterocycles. The number of amides is 1. The number of thiophene rings is 1. The molecule has 0 aliphatic rings. The number of aryl methyl sites for hydroxylation is 1. The van der Waals surface area contributed by atoms with Gasteiger partial charge in [-0.1, -0.05) is 27.7 Å². The lowest BCUT2D eigenvalue weighted by Gasteiger charge is -2.33. The molecule has 2 aromatic heterocycles. The fraction of sp³-hybridized carbons (Fsp3) is 0.588. The first-order valence-electron chi connectivity index (χ1n) is 8.06. The molecule has 0 spiro atoms. The van der Waals surface area contributed by atoms with Crippen molar-refractivity contribution in [2.24, 2.45) is 13.0 Å². The first kappa shape index (κ1) is 18.4. The van der Waals surface area contributed by atoms with Crippen LogP contribution >= 0.6 is 11.3 Å². The van der Waals surface area contributed by atoms with Gasteiger partial charge in [0, 0.05) is 12.4 Å². The Morgan fingerprint density at radius 3 is 2.50 bits per heavy atom. The van der Waals surface area contributed by atoms with Crippen molar-refractivity contribution < 1.29 is 14.7 Å². The van der Waals surface area contributed by atoms with Crippen molar-refractivity contribution in [2.75, 3.05) is 0 Å². The molecule has 0 saturated carbocycles. The zero-order valence-corrected chi connectivity index (χ0v) is 15.8. The van der Waals surface area contributed by atoms with Gasteiger partial charge in [-0.2, -0.15) is 5.10 Å². The molecule has 0 aromatic carbocycles. The molecule has 0 aliphatic carbocycles. The van der Waals surface area contributed by atoms with Gasteiger partial charge in [-0.25, -0.2) is 0 Å². The van der Waals surface area contributed by atoms with Crippen LogP contribution < -0.4 is 5.32 Å². The van der Waals surface area contributed by atoms with Crippen LogP contribution in [-0.2, 0) is 11.8 Å². The number of aromatic nitrogens is 2. The number of carboxylic acids is 1. The van der Waals surface area contributed by atoms with E-state index in [1.54, 1.807) is 11.6 Å². The highest BCUT2D eigenvalue weighted by molar-refractivity contribution is 7.20. The van der Waals surface area contributed by atoms with Gasteiger partial charge in [-0.15, -0.1) is 11.3 Å². The maximum absolute atomic E-state index is 12.7. The highest BCUT2D eigenvalue weighted by Gasteiger charge is 2.33. The Labute approximate surface area is 145 Å². The highest BCUT2D eigenvalue weighted by atomic mass is 32.1. The number of rotatable bonds is 6. The summed E-state index contributed by atoms with van der Waals surface area (Å²) in [5, 5.41) is 17.6. The van der Waals surface area contributed by atoms with Crippen LogP contribution in [0.1, 0.15) is 62.3 Å². The molecule has 0 bridgehead atoms. The second kappa shape index (κ2) is 6.55. The van der Waals surface area contributed by atoms with Crippen molar-refractivity contribution in [3.05, 3.63) is 16.6 Å². The second-order valence-corrected chi connectivity index (χ2v) is 8.12. The summed E-state index contributed by atoms with van der Waals surface area (Å²) < 4.78 is 1.80. The van der Waals surface area contributed by atoms with E-state index in [0.29, 0.717) is 4.88 Å². The van der Waals surface area contributed by atoms with Gasteiger partial charge in [0.2, 0.25) is 0 Å². The number of carbonyl (C=O) groups excluding carboxylic acids is 1. The van der Waals surface area contributed by atoms with E-state index < -0.39 is 11.5 Å². The number of carbonyl (C=O) groups is 2. The van der Waals surface area contributed by atoms with Crippen LogP contribution in [0.3, 0.4) is 0 Å². The summed E-state index contributed by atoms with van der Waals surface area (Å²) in [6, 6.07) is 1.86. The van der Waals surface area contributed by atoms with E-state index in [1.165, 1.54) is 11.3 Å². The molecule has 0 fully saturated rings. The van der Waals surface area contributed by atoms with Crippen LogP contribution in [-0.4, -0.2) is 32.3 Å². The van der Waals surface area contributed by atoms with Crippen molar-refractivity contribution in [1.82, 2.24) is 15.1 Å². The Bertz CT molecular complexity index is 775. The summed E-state index contributed by atoms with van der Waals surface area (Å²) in [5.41, 5.74) is 0.179. The number of fused-ring (bicyclic) bond motifs is 1. The maximum atomic E-state index is 12.7. The Hall–Kier alpha value is -1.89. The van der Waals surface area contributed by atoms with Crippen molar-refractivity contribution in [1.29, 1.82) is 0 Å². The van der Waals surface area contributed by atoms with E-state index in [4.69, 9.17) is 5.11 Å². The minimum atomic E-state index is -0.922. The number of aliphatic carboxylic acids is 1. The summed E-state index contributed by atoms with van der Waals surface area (Å²) in [6.07, 6.45) is -0.111. The Morgan fingerprint density at radius 2 is 2.00 bits per heavy atom. The lowest BCUT2D eigenvalue weighted by Crippen LogP contribution is -2.51. The molecule has 0 aliphatic heterocycles. The Kier molecular flexibility index (Phi) is 5.03. The van der Waals surface area contributed by atoms with Crippen molar-refractivity contribution in [3.63, 3.8) is 0 Å². The van der Waals surface area contributed by atoms with E-state index >= 15 is 0 Å². The van der Waals surface area contributed by atoms with Crippen molar-refractivity contribution in [3.8, 4) is 0 Å². The smallest absolute Gasteiger partial charge is 0.305 e. The van der Waals surface area contributed by atoms with Crippen LogP contribution in [0.5, 0.6) is 0 Å². The van der Waals surface area contributed by atoms with Crippen molar-refractivity contribution in [2.45, 2.75) is 52.5 Å². The SMILES string of the molecule is CC(C)c1nn(C)c2sc(C(=O)NC(C)(CC(=O)O)C(C)C)cc12. The standard InChI is InChI=1S/C17H25N3O3S/c1-9(2)14-11-7-12(24-16(11)20(6)19-14)15(23)18-17(5,10(3)4)8-13(21)22/h7,9-10H,8H2,1-6H3,(H,18,23)(H,21,22). The van der Waals surface area contributed by atoms with Gasteiger partial charge in [-0.05, 0) is 24.8 Å². The minimum absolute atomic E-state index is 0.000167. The topological polar surface area (TPSA) is 84.2 Å². The average Bonchev–Trinajstić information content (AvgIpc) is 2.98. The van der Waals surface area contributed by atoms with Crippen LogP contribution in [0.4, 0.5) is 0 Å². The second-order valence-electron chi connectivity index (χ2n) is 7.09. The lowest BCUT2D eigenvalue weighted by molar-refractivity contribution is -0.138. The normalized spacial score (nSPS) is 14.3. The van der Waals surface area contributed by atoms with E-state index in [0.717, 1.165) is 15.9 Å². The fourth-order valence-corrected chi connectivity index (χ4v) is 3.61. The number of hydrogen-bond donors (Lipinski definition) is 2. The fourth-order valence-electron chi connectivity index (χ4n) is 2.63. The number of nitrogens with zero attached hydrogens (tertiary/aromatic N) is 2. The summed E-state index contributed by atoms with van der Waals surface area (Å²) in [5.74, 6) is -0.885. The molecule has 2 N–H and O–H groups in total. The molecule has 7 heteroatoms. The molecule has 6 nitrogen and oxygen atoms in total. The first-order valence-corrected chi connectivity index (χ1v) is 8.87. The average molecular weight is 351 g/mol. The van der Waals surface area contributed by atoms with E-state index in [-0.39, 0.29) is 24.2 Å². The van der Waals surface area contributed by atoms with Gasteiger partial charge in [0.25, 0.3) is 5.91 Å². The van der Waals surface area contributed by atoms with E-state index in [9.17, 15) is 9.59 Å². The van der Waals surface area contributed by atoms with Crippen molar-refractivity contribution >= 4 is 33.4 Å². The molecular formula is C17H25N3O3S. The molecular weight excluding hydrogens is 326 g/mol. The van der Waals surface area contributed by atoms with Crippen LogP contribution in [0.2, 0.25) is 0 Å². The summed E-state index contributed by atoms with van der Waals surface area (Å²) in [7, 11) is 1.87. The summed E-state index contributed by atoms with van der Waals surface area (Å²) in [6.45, 7) is 9.74. The third-order valence-corrected chi connectivity index (χ3v) is 5.70. The predicted molar refractivity (Wildman–Crippen MR) is 95.6 cm³/mol. The number of hydrogen-bond acceptors (Lipinski definition) is 4. The molecule has 1 unspecified atom stereocenters. The maximum Gasteiger partial charge on any atom is 0.305 e. The molecule has 1 amide bonds. The summed E-state index contributed by atoms with van der Waals surface area (Å²) >= 11 is 1.38. The minimum Gasteiger partial charge on any atom is -0.481 e. The zero-order chi connectivity index (χ0) is 18.2. The van der Waals surface area contributed by atoms with Crippen LogP contribution in [0.25, 0.3) is 10.2 Å². The van der Waals surface area contributed by atoms with Gasteiger partial charge in [0.15, 0.2) is 0 Å². The monoisotopic (exact) mass is 351 g/mol. The third-order valence-electron chi connectivity index (χ3n) is 4.50. The molecule has 1 atom stereocenters. The predicted octanol–water partition coefficient (Wildman–Crippen LogP) is 3.38. The van der Waals surface area contributed by atoms with Gasteiger partial charge < -0.3 is 10.4 Å². The molecule has 0 radical (unpaired) electrons. The van der Waals surface area contributed by atoms with Crippen LogP contribution in [0.15, 0.2) is 6.07 Å².